The second-order valence-corrected chi connectivity index (χ2v) is 6.76. The van der Waals surface area contributed by atoms with Crippen molar-refractivity contribution in [2.24, 2.45) is 0 Å². The molecule has 112 valence electrons. The predicted molar refractivity (Wildman–Crippen MR) is 91.4 cm³/mol. The molecule has 0 saturated carbocycles. The van der Waals surface area contributed by atoms with Gasteiger partial charge in [-0.25, -0.2) is 4.21 Å². The molecule has 0 amide bonds. The maximum absolute atomic E-state index is 12.8. The molecule has 3 rings (SSSR count). The molecule has 0 fully saturated rings. The van der Waals surface area contributed by atoms with Crippen LogP contribution in [0.1, 0.15) is 18.9 Å². The molecule has 22 heavy (non-hydrogen) atoms. The Morgan fingerprint density at radius 1 is 1.14 bits per heavy atom. The van der Waals surface area contributed by atoms with Gasteiger partial charge in [0.2, 0.25) is 0 Å². The third kappa shape index (κ3) is 3.55. The van der Waals surface area contributed by atoms with Crippen LogP contribution in [0.4, 0.5) is 0 Å². The van der Waals surface area contributed by atoms with Crippen molar-refractivity contribution in [3.8, 4) is 0 Å². The minimum Gasteiger partial charge on any atom is -0.349 e. The highest BCUT2D eigenvalue weighted by molar-refractivity contribution is 7.89. The third-order valence-electron chi connectivity index (χ3n) is 3.49. The molecule has 2 aromatic carbocycles. The highest BCUT2D eigenvalue weighted by atomic mass is 32.2. The molecule has 2 atom stereocenters. The SMILES string of the molecule is [2H]C1C=CN(Cc2ccccc2)C=C1S(=O)c1ccc(C)cc1. The number of hydrogen-bond donors (Lipinski definition) is 0. The van der Waals surface area contributed by atoms with Crippen LogP contribution in [-0.4, -0.2) is 9.11 Å². The largest absolute Gasteiger partial charge is 0.349 e. The quantitative estimate of drug-likeness (QED) is 0.836. The second-order valence-electron chi connectivity index (χ2n) is 5.28. The Bertz CT molecular complexity index is 753. The summed E-state index contributed by atoms with van der Waals surface area (Å²) in [6.07, 6.45) is 4.95. The van der Waals surface area contributed by atoms with Crippen molar-refractivity contribution < 1.29 is 5.58 Å². The van der Waals surface area contributed by atoms with Crippen molar-refractivity contribution in [3.05, 3.63) is 89.1 Å². The zero-order valence-electron chi connectivity index (χ0n) is 13.5. The molecule has 0 spiro atoms. The van der Waals surface area contributed by atoms with Gasteiger partial charge in [-0.05, 0) is 24.6 Å². The molecule has 1 aliphatic rings. The zero-order valence-corrected chi connectivity index (χ0v) is 13.3. The van der Waals surface area contributed by atoms with E-state index >= 15 is 0 Å². The Balaban J connectivity index is 1.82. The van der Waals surface area contributed by atoms with Crippen LogP contribution in [-0.2, 0) is 17.3 Å². The lowest BCUT2D eigenvalue weighted by Crippen LogP contribution is -2.14. The first-order valence-electron chi connectivity index (χ1n) is 7.81. The smallest absolute Gasteiger partial charge is 0.0826 e. The van der Waals surface area contributed by atoms with Gasteiger partial charge in [0.1, 0.15) is 0 Å². The Labute approximate surface area is 135 Å². The average Bonchev–Trinajstić information content (AvgIpc) is 2.58. The highest BCUT2D eigenvalue weighted by Gasteiger charge is 2.13. The molecular formula is C19H19NOS. The summed E-state index contributed by atoms with van der Waals surface area (Å²) in [5, 5.41) is 0. The third-order valence-corrected chi connectivity index (χ3v) is 4.86. The number of hydrogen-bond acceptors (Lipinski definition) is 2. The molecule has 0 N–H and O–H groups in total. The lowest BCUT2D eigenvalue weighted by Gasteiger charge is -2.21. The van der Waals surface area contributed by atoms with E-state index in [1.807, 2.05) is 66.7 Å². The van der Waals surface area contributed by atoms with Gasteiger partial charge >= 0.3 is 0 Å². The van der Waals surface area contributed by atoms with Crippen LogP contribution in [0.25, 0.3) is 0 Å². The monoisotopic (exact) mass is 310 g/mol. The molecule has 0 saturated heterocycles. The molecule has 1 heterocycles. The van der Waals surface area contributed by atoms with E-state index < -0.39 is 17.2 Å². The first-order valence-corrected chi connectivity index (χ1v) is 8.39. The Morgan fingerprint density at radius 2 is 1.86 bits per heavy atom. The first kappa shape index (κ1) is 13.5. The average molecular weight is 310 g/mol. The zero-order chi connectivity index (χ0) is 16.2. The molecular weight excluding hydrogens is 290 g/mol. The Kier molecular flexibility index (Phi) is 4.15. The fourth-order valence-corrected chi connectivity index (χ4v) is 3.39. The maximum Gasteiger partial charge on any atom is 0.0826 e. The van der Waals surface area contributed by atoms with Gasteiger partial charge in [-0.2, -0.15) is 0 Å². The number of allylic oxidation sites excluding steroid dienone is 2. The van der Waals surface area contributed by atoms with Gasteiger partial charge in [-0.1, -0.05) is 54.1 Å². The van der Waals surface area contributed by atoms with Gasteiger partial charge in [0.05, 0.1) is 10.8 Å². The molecule has 0 bridgehead atoms. The van der Waals surface area contributed by atoms with Gasteiger partial charge in [0, 0.05) is 36.5 Å². The maximum atomic E-state index is 12.8. The van der Waals surface area contributed by atoms with Crippen LogP contribution in [0.15, 0.2) is 82.9 Å². The lowest BCUT2D eigenvalue weighted by molar-refractivity contribution is 0.490. The summed E-state index contributed by atoms with van der Waals surface area (Å²) in [5.41, 5.74) is 2.31. The molecule has 1 aliphatic heterocycles. The highest BCUT2D eigenvalue weighted by Crippen LogP contribution is 2.23. The molecule has 2 unspecified atom stereocenters. The predicted octanol–water partition coefficient (Wildman–Crippen LogP) is 4.36. The van der Waals surface area contributed by atoms with Crippen LogP contribution in [0, 0.1) is 6.92 Å². The van der Waals surface area contributed by atoms with Crippen LogP contribution >= 0.6 is 0 Å². The van der Waals surface area contributed by atoms with Crippen LogP contribution in [0.3, 0.4) is 0 Å². The van der Waals surface area contributed by atoms with E-state index in [0.717, 1.165) is 10.5 Å². The second kappa shape index (κ2) is 6.75. The van der Waals surface area contributed by atoms with E-state index in [0.29, 0.717) is 11.4 Å². The molecule has 0 aromatic heterocycles. The van der Waals surface area contributed by atoms with Crippen molar-refractivity contribution >= 4 is 10.8 Å². The number of benzene rings is 2. The van der Waals surface area contributed by atoms with Crippen molar-refractivity contribution in [1.82, 2.24) is 4.90 Å². The van der Waals surface area contributed by atoms with Crippen LogP contribution < -0.4 is 0 Å². The summed E-state index contributed by atoms with van der Waals surface area (Å²) in [5.74, 6) is 0. The minimum atomic E-state index is -1.31. The summed E-state index contributed by atoms with van der Waals surface area (Å²) in [6.45, 7) is 2.71. The Hall–Kier alpha value is -2.13. The molecule has 3 heteroatoms. The summed E-state index contributed by atoms with van der Waals surface area (Å²) in [6, 6.07) is 17.8. The molecule has 0 radical (unpaired) electrons. The van der Waals surface area contributed by atoms with E-state index in [1.165, 1.54) is 5.56 Å². The molecule has 2 aromatic rings. The number of nitrogens with zero attached hydrogens (tertiary/aromatic N) is 1. The van der Waals surface area contributed by atoms with Gasteiger partial charge in [0.15, 0.2) is 0 Å². The topological polar surface area (TPSA) is 20.3 Å². The van der Waals surface area contributed by atoms with Gasteiger partial charge in [-0.15, -0.1) is 0 Å². The normalized spacial score (nSPS) is 19.5. The van der Waals surface area contributed by atoms with E-state index in [9.17, 15) is 4.21 Å². The van der Waals surface area contributed by atoms with E-state index in [-0.39, 0.29) is 0 Å². The fourth-order valence-electron chi connectivity index (χ4n) is 2.30. The fraction of sp³-hybridized carbons (Fsp3) is 0.158. The van der Waals surface area contributed by atoms with Gasteiger partial charge in [-0.3, -0.25) is 0 Å². The van der Waals surface area contributed by atoms with Crippen molar-refractivity contribution in [2.45, 2.75) is 24.8 Å². The summed E-state index contributed by atoms with van der Waals surface area (Å²) >= 11 is 0. The van der Waals surface area contributed by atoms with Crippen molar-refractivity contribution in [2.75, 3.05) is 0 Å². The number of rotatable bonds is 4. The minimum absolute atomic E-state index is 0.566. The number of aryl methyl sites for hydroxylation is 1. The standard InChI is InChI=1S/C19H19NOS/c1-16-9-11-18(12-10-16)22(21)19-8-5-13-20(15-19)14-17-6-3-2-4-7-17/h2-7,9-13,15H,8,14H2,1H3/i8D. The molecule has 2 nitrogen and oxygen atoms in total. The lowest BCUT2D eigenvalue weighted by atomic mass is 10.2. The van der Waals surface area contributed by atoms with Crippen molar-refractivity contribution in [3.63, 3.8) is 0 Å². The van der Waals surface area contributed by atoms with E-state index in [4.69, 9.17) is 1.37 Å². The first-order chi connectivity index (χ1) is 11.1. The van der Waals surface area contributed by atoms with E-state index in [1.54, 1.807) is 6.08 Å². The summed E-state index contributed by atoms with van der Waals surface area (Å²) < 4.78 is 20.9. The summed E-state index contributed by atoms with van der Waals surface area (Å²) in [7, 11) is -1.31. The van der Waals surface area contributed by atoms with Crippen LogP contribution in [0.2, 0.25) is 0 Å². The van der Waals surface area contributed by atoms with Crippen LogP contribution in [0.5, 0.6) is 0 Å². The summed E-state index contributed by atoms with van der Waals surface area (Å²) in [4.78, 5) is 3.35. The Morgan fingerprint density at radius 3 is 2.59 bits per heavy atom. The van der Waals surface area contributed by atoms with E-state index in [2.05, 4.69) is 12.1 Å². The van der Waals surface area contributed by atoms with Gasteiger partial charge < -0.3 is 4.90 Å². The van der Waals surface area contributed by atoms with Gasteiger partial charge in [0.25, 0.3) is 0 Å². The molecule has 0 aliphatic carbocycles. The van der Waals surface area contributed by atoms with Crippen molar-refractivity contribution in [1.29, 1.82) is 0 Å².